The van der Waals surface area contributed by atoms with E-state index < -0.39 is 23.9 Å². The van der Waals surface area contributed by atoms with Crippen LogP contribution >= 0.6 is 0 Å². The fourth-order valence-electron chi connectivity index (χ4n) is 3.10. The molecule has 0 heterocycles. The number of rotatable bonds is 6. The Morgan fingerprint density at radius 1 is 1.19 bits per heavy atom. The maximum atomic E-state index is 13.0. The van der Waals surface area contributed by atoms with Crippen LogP contribution in [0, 0.1) is 17.3 Å². The van der Waals surface area contributed by atoms with Crippen LogP contribution in [0.15, 0.2) is 0 Å². The molecular weight excluding hydrogens is 281 g/mol. The largest absolute Gasteiger partial charge is 0.392 e. The SMILES string of the molecule is CCC(CC)(CN)CNC(=O)C1CCCCC1C(F)(F)F. The van der Waals surface area contributed by atoms with Crippen LogP contribution in [-0.4, -0.2) is 25.2 Å². The minimum atomic E-state index is -4.29. The second-order valence-electron chi connectivity index (χ2n) is 6.17. The molecule has 0 aromatic rings. The van der Waals surface area contributed by atoms with E-state index in [1.165, 1.54) is 0 Å². The van der Waals surface area contributed by atoms with Crippen LogP contribution in [0.2, 0.25) is 0 Å². The third-order valence-corrected chi connectivity index (χ3v) is 5.09. The first-order valence-corrected chi connectivity index (χ1v) is 7.84. The second-order valence-corrected chi connectivity index (χ2v) is 6.17. The molecule has 1 amide bonds. The molecule has 0 aliphatic heterocycles. The highest BCUT2D eigenvalue weighted by molar-refractivity contribution is 5.79. The maximum Gasteiger partial charge on any atom is 0.392 e. The van der Waals surface area contributed by atoms with Crippen LogP contribution in [0.3, 0.4) is 0 Å². The van der Waals surface area contributed by atoms with Gasteiger partial charge in [0.15, 0.2) is 0 Å². The van der Waals surface area contributed by atoms with E-state index in [0.717, 1.165) is 12.8 Å². The summed E-state index contributed by atoms with van der Waals surface area (Å²) >= 11 is 0. The zero-order valence-corrected chi connectivity index (χ0v) is 12.9. The second kappa shape index (κ2) is 7.47. The summed E-state index contributed by atoms with van der Waals surface area (Å²) in [5, 5.41) is 2.73. The van der Waals surface area contributed by atoms with E-state index in [2.05, 4.69) is 5.32 Å². The van der Waals surface area contributed by atoms with Gasteiger partial charge in [0.25, 0.3) is 0 Å². The first kappa shape index (κ1) is 18.3. The van der Waals surface area contributed by atoms with Gasteiger partial charge in [0.05, 0.1) is 5.92 Å². The monoisotopic (exact) mass is 308 g/mol. The molecular formula is C15H27F3N2O. The average molecular weight is 308 g/mol. The molecule has 2 unspecified atom stereocenters. The van der Waals surface area contributed by atoms with Gasteiger partial charge < -0.3 is 11.1 Å². The van der Waals surface area contributed by atoms with Crippen LogP contribution in [-0.2, 0) is 4.79 Å². The van der Waals surface area contributed by atoms with Crippen molar-refractivity contribution in [2.75, 3.05) is 13.1 Å². The van der Waals surface area contributed by atoms with Gasteiger partial charge >= 0.3 is 6.18 Å². The number of nitrogens with two attached hydrogens (primary N) is 1. The molecule has 0 aromatic heterocycles. The molecule has 6 heteroatoms. The maximum absolute atomic E-state index is 13.0. The summed E-state index contributed by atoms with van der Waals surface area (Å²) in [5.74, 6) is -2.90. The number of carbonyl (C=O) groups excluding carboxylic acids is 1. The lowest BCUT2D eigenvalue weighted by Gasteiger charge is -2.34. The Labute approximate surface area is 124 Å². The number of alkyl halides is 3. The highest BCUT2D eigenvalue weighted by atomic mass is 19.4. The number of hydrogen-bond acceptors (Lipinski definition) is 2. The number of hydrogen-bond donors (Lipinski definition) is 2. The Morgan fingerprint density at radius 3 is 2.24 bits per heavy atom. The summed E-state index contributed by atoms with van der Waals surface area (Å²) in [5.41, 5.74) is 5.55. The van der Waals surface area contributed by atoms with E-state index in [1.807, 2.05) is 13.8 Å². The minimum absolute atomic E-state index is 0.0607. The van der Waals surface area contributed by atoms with E-state index in [4.69, 9.17) is 5.73 Å². The molecule has 2 atom stereocenters. The van der Waals surface area contributed by atoms with Crippen molar-refractivity contribution in [2.24, 2.45) is 23.0 Å². The molecule has 1 aliphatic carbocycles. The highest BCUT2D eigenvalue weighted by Crippen LogP contribution is 2.41. The predicted octanol–water partition coefficient (Wildman–Crippen LogP) is 3.24. The van der Waals surface area contributed by atoms with Gasteiger partial charge in [0.2, 0.25) is 5.91 Å². The van der Waals surface area contributed by atoms with Crippen LogP contribution in [0.1, 0.15) is 52.4 Å². The van der Waals surface area contributed by atoms with Crippen LogP contribution in [0.25, 0.3) is 0 Å². The predicted molar refractivity (Wildman–Crippen MR) is 76.6 cm³/mol. The molecule has 1 aliphatic rings. The number of nitrogens with one attached hydrogen (secondary N) is 1. The van der Waals surface area contributed by atoms with Gasteiger partial charge in [-0.15, -0.1) is 0 Å². The molecule has 124 valence electrons. The highest BCUT2D eigenvalue weighted by Gasteiger charge is 2.48. The Balaban J connectivity index is 2.68. The van der Waals surface area contributed by atoms with Crippen LogP contribution in [0.4, 0.5) is 13.2 Å². The summed E-state index contributed by atoms with van der Waals surface area (Å²) < 4.78 is 39.1. The topological polar surface area (TPSA) is 55.1 Å². The first-order chi connectivity index (χ1) is 9.79. The van der Waals surface area contributed by atoms with Gasteiger partial charge in [-0.25, -0.2) is 0 Å². The minimum Gasteiger partial charge on any atom is -0.355 e. The molecule has 1 fully saturated rings. The number of amides is 1. The summed E-state index contributed by atoms with van der Waals surface area (Å²) in [4.78, 5) is 12.2. The van der Waals surface area contributed by atoms with Gasteiger partial charge in [0.1, 0.15) is 0 Å². The third-order valence-electron chi connectivity index (χ3n) is 5.09. The lowest BCUT2D eigenvalue weighted by Crippen LogP contribution is -2.47. The van der Waals surface area contributed by atoms with Crippen molar-refractivity contribution >= 4 is 5.91 Å². The Kier molecular flexibility index (Phi) is 6.50. The average Bonchev–Trinajstić information content (AvgIpc) is 2.48. The first-order valence-electron chi connectivity index (χ1n) is 7.84. The van der Waals surface area contributed by atoms with E-state index in [9.17, 15) is 18.0 Å². The zero-order valence-electron chi connectivity index (χ0n) is 12.9. The zero-order chi connectivity index (χ0) is 16.1. The Morgan fingerprint density at radius 2 is 1.76 bits per heavy atom. The molecule has 3 nitrogen and oxygen atoms in total. The quantitative estimate of drug-likeness (QED) is 0.791. The normalized spacial score (nSPS) is 23.9. The van der Waals surface area contributed by atoms with E-state index in [0.29, 0.717) is 32.4 Å². The molecule has 0 bridgehead atoms. The molecule has 1 saturated carbocycles. The van der Waals surface area contributed by atoms with Crippen LogP contribution < -0.4 is 11.1 Å². The third kappa shape index (κ3) is 4.59. The summed E-state index contributed by atoms with van der Waals surface area (Å²) in [6.07, 6.45) is -1.07. The smallest absolute Gasteiger partial charge is 0.355 e. The number of halogens is 3. The van der Waals surface area contributed by atoms with Crippen molar-refractivity contribution in [2.45, 2.75) is 58.5 Å². The summed E-state index contributed by atoms with van der Waals surface area (Å²) in [6.45, 7) is 4.76. The van der Waals surface area contributed by atoms with Crippen LogP contribution in [0.5, 0.6) is 0 Å². The van der Waals surface area contributed by atoms with Crippen molar-refractivity contribution in [3.05, 3.63) is 0 Å². The van der Waals surface area contributed by atoms with Crippen molar-refractivity contribution in [3.63, 3.8) is 0 Å². The molecule has 21 heavy (non-hydrogen) atoms. The molecule has 0 spiro atoms. The van der Waals surface area contributed by atoms with E-state index in [1.54, 1.807) is 0 Å². The molecule has 1 rings (SSSR count). The molecule has 0 saturated heterocycles. The van der Waals surface area contributed by atoms with Crippen molar-refractivity contribution in [1.29, 1.82) is 0 Å². The van der Waals surface area contributed by atoms with E-state index in [-0.39, 0.29) is 11.8 Å². The van der Waals surface area contributed by atoms with Gasteiger partial charge in [0, 0.05) is 12.5 Å². The van der Waals surface area contributed by atoms with Crippen molar-refractivity contribution in [1.82, 2.24) is 5.32 Å². The molecule has 0 aromatic carbocycles. The lowest BCUT2D eigenvalue weighted by atomic mass is 9.77. The Bertz CT molecular complexity index is 332. The van der Waals surface area contributed by atoms with Gasteiger partial charge in [-0.2, -0.15) is 13.2 Å². The fraction of sp³-hybridized carbons (Fsp3) is 0.933. The lowest BCUT2D eigenvalue weighted by molar-refractivity contribution is -0.198. The van der Waals surface area contributed by atoms with E-state index >= 15 is 0 Å². The number of carbonyl (C=O) groups is 1. The molecule has 3 N–H and O–H groups in total. The van der Waals surface area contributed by atoms with Crippen molar-refractivity contribution in [3.8, 4) is 0 Å². The van der Waals surface area contributed by atoms with Gasteiger partial charge in [-0.1, -0.05) is 26.7 Å². The molecule has 0 radical (unpaired) electrons. The standard InChI is InChI=1S/C15H27F3N2O/c1-3-14(4-2,9-19)10-20-13(21)11-7-5-6-8-12(11)15(16,17)18/h11-12H,3-10,19H2,1-2H3,(H,20,21). The fourth-order valence-corrected chi connectivity index (χ4v) is 3.10. The summed E-state index contributed by atoms with van der Waals surface area (Å²) in [7, 11) is 0. The Hall–Kier alpha value is -0.780. The summed E-state index contributed by atoms with van der Waals surface area (Å²) in [6, 6.07) is 0. The van der Waals surface area contributed by atoms with Crippen molar-refractivity contribution < 1.29 is 18.0 Å². The van der Waals surface area contributed by atoms with Gasteiger partial charge in [-0.3, -0.25) is 4.79 Å². The van der Waals surface area contributed by atoms with Gasteiger partial charge in [-0.05, 0) is 37.6 Å².